The lowest BCUT2D eigenvalue weighted by Crippen LogP contribution is -2.51. The summed E-state index contributed by atoms with van der Waals surface area (Å²) in [6.07, 6.45) is 3.35. The van der Waals surface area contributed by atoms with Gasteiger partial charge in [-0.15, -0.1) is 0 Å². The first-order valence-corrected chi connectivity index (χ1v) is 12.0. The molecule has 0 spiro atoms. The van der Waals surface area contributed by atoms with Crippen LogP contribution >= 0.6 is 11.6 Å². The number of rotatable bonds is 3. The van der Waals surface area contributed by atoms with Crippen LogP contribution in [0.5, 0.6) is 0 Å². The molecule has 0 bridgehead atoms. The minimum Gasteiger partial charge on any atom is -0.337 e. The van der Waals surface area contributed by atoms with Gasteiger partial charge >= 0.3 is 0 Å². The molecule has 2 saturated heterocycles. The quantitative estimate of drug-likeness (QED) is 0.443. The van der Waals surface area contributed by atoms with Crippen molar-refractivity contribution < 1.29 is 4.79 Å². The van der Waals surface area contributed by atoms with Crippen molar-refractivity contribution in [3.63, 3.8) is 0 Å². The first kappa shape index (κ1) is 20.6. The van der Waals surface area contributed by atoms with E-state index >= 15 is 0 Å². The van der Waals surface area contributed by atoms with Crippen LogP contribution in [-0.4, -0.2) is 62.5 Å². The lowest BCUT2D eigenvalue weighted by Gasteiger charge is -2.42. The molecule has 1 amide bonds. The molecule has 33 heavy (non-hydrogen) atoms. The van der Waals surface area contributed by atoms with E-state index in [0.29, 0.717) is 22.6 Å². The van der Waals surface area contributed by atoms with E-state index < -0.39 is 0 Å². The Kier molecular flexibility index (Phi) is 5.07. The van der Waals surface area contributed by atoms with Crippen LogP contribution in [0.1, 0.15) is 29.8 Å². The second-order valence-corrected chi connectivity index (χ2v) is 9.53. The monoisotopic (exact) mass is 459 g/mol. The molecule has 2 aliphatic rings. The molecule has 0 unspecified atom stereocenters. The summed E-state index contributed by atoms with van der Waals surface area (Å²) < 4.78 is 2.01. The van der Waals surface area contributed by atoms with Crippen LogP contribution in [0.3, 0.4) is 0 Å². The third-order valence-corrected chi connectivity index (χ3v) is 7.43. The SMILES string of the molecule is Cn1c2cc(Cl)ccc2c2c(C(=O)N3CCC(N4CCC4)CC3)nc(-c3ccccc3)nc21. The molecule has 6 rings (SSSR count). The zero-order valence-corrected chi connectivity index (χ0v) is 19.4. The number of aryl methyl sites for hydroxylation is 1. The van der Waals surface area contributed by atoms with E-state index in [2.05, 4.69) is 4.90 Å². The van der Waals surface area contributed by atoms with Gasteiger partial charge in [-0.1, -0.05) is 48.0 Å². The number of likely N-dealkylation sites (tertiary alicyclic amines) is 2. The first-order valence-electron chi connectivity index (χ1n) is 11.6. The van der Waals surface area contributed by atoms with Crippen molar-refractivity contribution in [1.82, 2.24) is 24.3 Å². The van der Waals surface area contributed by atoms with E-state index in [1.54, 1.807) is 0 Å². The molecular formula is C26H26ClN5O. The highest BCUT2D eigenvalue weighted by molar-refractivity contribution is 6.31. The summed E-state index contributed by atoms with van der Waals surface area (Å²) in [7, 11) is 1.97. The molecule has 0 N–H and O–H groups in total. The van der Waals surface area contributed by atoms with Crippen molar-refractivity contribution >= 4 is 39.4 Å². The molecular weight excluding hydrogens is 434 g/mol. The molecule has 0 aliphatic carbocycles. The maximum absolute atomic E-state index is 13.9. The summed E-state index contributed by atoms with van der Waals surface area (Å²) >= 11 is 6.30. The fourth-order valence-corrected chi connectivity index (χ4v) is 5.37. The molecule has 7 heteroatoms. The Balaban J connectivity index is 1.47. The lowest BCUT2D eigenvalue weighted by atomic mass is 9.99. The van der Waals surface area contributed by atoms with Gasteiger partial charge in [0.2, 0.25) is 0 Å². The standard InChI is InChI=1S/C26H26ClN5O/c1-30-21-16-18(27)8-9-20(21)22-23(28-24(29-25(22)30)17-6-3-2-4-7-17)26(33)32-14-10-19(11-15-32)31-12-5-13-31/h2-4,6-9,16,19H,5,10-15H2,1H3. The predicted octanol–water partition coefficient (Wildman–Crippen LogP) is 4.75. The number of carbonyl (C=O) groups excluding carboxylic acids is 1. The van der Waals surface area contributed by atoms with Gasteiger partial charge < -0.3 is 14.4 Å². The van der Waals surface area contributed by atoms with Gasteiger partial charge in [0, 0.05) is 42.2 Å². The Morgan fingerprint density at radius 2 is 1.76 bits per heavy atom. The van der Waals surface area contributed by atoms with Gasteiger partial charge in [0.05, 0.1) is 10.9 Å². The molecule has 0 saturated carbocycles. The number of piperidine rings is 1. The summed E-state index contributed by atoms with van der Waals surface area (Å²) in [5.74, 6) is 0.558. The van der Waals surface area contributed by atoms with E-state index in [0.717, 1.165) is 53.4 Å². The van der Waals surface area contributed by atoms with Gasteiger partial charge in [0.25, 0.3) is 5.91 Å². The van der Waals surface area contributed by atoms with Crippen LogP contribution in [0.25, 0.3) is 33.3 Å². The third kappa shape index (κ3) is 3.49. The Morgan fingerprint density at radius 1 is 1.00 bits per heavy atom. The van der Waals surface area contributed by atoms with Crippen molar-refractivity contribution in [2.75, 3.05) is 26.2 Å². The zero-order chi connectivity index (χ0) is 22.5. The Labute approximate surface area is 197 Å². The molecule has 2 fully saturated rings. The Bertz CT molecular complexity index is 1350. The fourth-order valence-electron chi connectivity index (χ4n) is 5.21. The Morgan fingerprint density at radius 3 is 2.45 bits per heavy atom. The summed E-state index contributed by atoms with van der Waals surface area (Å²) in [5.41, 5.74) is 3.07. The number of aromatic nitrogens is 3. The van der Waals surface area contributed by atoms with E-state index in [-0.39, 0.29) is 5.91 Å². The average Bonchev–Trinajstić information content (AvgIpc) is 3.09. The highest BCUT2D eigenvalue weighted by Crippen LogP contribution is 2.33. The second-order valence-electron chi connectivity index (χ2n) is 9.09. The number of halogens is 1. The van der Waals surface area contributed by atoms with Gasteiger partial charge in [-0.2, -0.15) is 0 Å². The molecule has 0 atom stereocenters. The smallest absolute Gasteiger partial charge is 0.273 e. The first-order chi connectivity index (χ1) is 16.1. The van der Waals surface area contributed by atoms with Crippen molar-refractivity contribution in [3.8, 4) is 11.4 Å². The van der Waals surface area contributed by atoms with Crippen molar-refractivity contribution in [2.24, 2.45) is 7.05 Å². The van der Waals surface area contributed by atoms with Gasteiger partial charge in [-0.25, -0.2) is 9.97 Å². The van der Waals surface area contributed by atoms with Crippen LogP contribution in [0, 0.1) is 0 Å². The molecule has 4 aromatic rings. The van der Waals surface area contributed by atoms with E-state index in [9.17, 15) is 4.79 Å². The predicted molar refractivity (Wildman–Crippen MR) is 132 cm³/mol. The minimum absolute atomic E-state index is 0.0101. The average molecular weight is 460 g/mol. The summed E-state index contributed by atoms with van der Waals surface area (Å²) in [6.45, 7) is 3.93. The number of hydrogen-bond donors (Lipinski definition) is 0. The van der Waals surface area contributed by atoms with Gasteiger partial charge in [-0.05, 0) is 44.5 Å². The van der Waals surface area contributed by atoms with Crippen LogP contribution in [0.4, 0.5) is 0 Å². The van der Waals surface area contributed by atoms with Crippen LogP contribution in [-0.2, 0) is 7.05 Å². The normalized spacial score (nSPS) is 17.6. The maximum atomic E-state index is 13.9. The lowest BCUT2D eigenvalue weighted by molar-refractivity contribution is 0.0486. The summed E-state index contributed by atoms with van der Waals surface area (Å²) in [4.78, 5) is 28.1. The molecule has 0 radical (unpaired) electrons. The molecule has 2 aromatic carbocycles. The number of fused-ring (bicyclic) bond motifs is 3. The van der Waals surface area contributed by atoms with Crippen LogP contribution < -0.4 is 0 Å². The van der Waals surface area contributed by atoms with Crippen molar-refractivity contribution in [3.05, 3.63) is 59.2 Å². The third-order valence-electron chi connectivity index (χ3n) is 7.19. The zero-order valence-electron chi connectivity index (χ0n) is 18.7. The number of amides is 1. The number of benzene rings is 2. The fraction of sp³-hybridized carbons (Fsp3) is 0.346. The minimum atomic E-state index is -0.0101. The van der Waals surface area contributed by atoms with Gasteiger partial charge in [-0.3, -0.25) is 4.79 Å². The number of nitrogens with zero attached hydrogens (tertiary/aromatic N) is 5. The Hall–Kier alpha value is -2.96. The van der Waals surface area contributed by atoms with E-state index in [1.165, 1.54) is 19.5 Å². The summed E-state index contributed by atoms with van der Waals surface area (Å²) in [5, 5.41) is 2.42. The number of hydrogen-bond acceptors (Lipinski definition) is 4. The van der Waals surface area contributed by atoms with Crippen molar-refractivity contribution in [1.29, 1.82) is 0 Å². The van der Waals surface area contributed by atoms with Crippen molar-refractivity contribution in [2.45, 2.75) is 25.3 Å². The largest absolute Gasteiger partial charge is 0.337 e. The number of carbonyl (C=O) groups is 1. The highest BCUT2D eigenvalue weighted by Gasteiger charge is 2.32. The van der Waals surface area contributed by atoms with E-state index in [1.807, 2.05) is 65.0 Å². The van der Waals surface area contributed by atoms with Crippen LogP contribution in [0.15, 0.2) is 48.5 Å². The van der Waals surface area contributed by atoms with Gasteiger partial charge in [0.15, 0.2) is 5.82 Å². The van der Waals surface area contributed by atoms with Crippen LogP contribution in [0.2, 0.25) is 5.02 Å². The summed E-state index contributed by atoms with van der Waals surface area (Å²) in [6, 6.07) is 16.2. The second kappa shape index (κ2) is 8.12. The molecule has 6 nitrogen and oxygen atoms in total. The molecule has 168 valence electrons. The maximum Gasteiger partial charge on any atom is 0.273 e. The molecule has 4 heterocycles. The highest BCUT2D eigenvalue weighted by atomic mass is 35.5. The van der Waals surface area contributed by atoms with Gasteiger partial charge in [0.1, 0.15) is 11.3 Å². The topological polar surface area (TPSA) is 54.3 Å². The van der Waals surface area contributed by atoms with E-state index in [4.69, 9.17) is 21.6 Å². The molecule has 2 aliphatic heterocycles. The molecule has 2 aromatic heterocycles.